The van der Waals surface area contributed by atoms with Gasteiger partial charge in [-0.15, -0.1) is 0 Å². The largest absolute Gasteiger partial charge is 0.433 e. The Bertz CT molecular complexity index is 619. The minimum Gasteiger partial charge on any atom is -0.433 e. The molecular weight excluding hydrogens is 259 g/mol. The Balaban J connectivity index is 2.41. The van der Waals surface area contributed by atoms with Crippen LogP contribution in [0.4, 0.5) is 19.0 Å². The average Bonchev–Trinajstić information content (AvgIpc) is 2.38. The third kappa shape index (κ3) is 2.60. The molecule has 1 heterocycles. The number of aromatic nitrogens is 1. The third-order valence-electron chi connectivity index (χ3n) is 2.40. The maximum atomic E-state index is 13.7. The maximum Gasteiger partial charge on any atom is 0.258 e. The highest BCUT2D eigenvalue weighted by Crippen LogP contribution is 2.28. The van der Waals surface area contributed by atoms with Crippen LogP contribution < -0.4 is 16.0 Å². The molecule has 3 N–H and O–H groups in total. The van der Waals surface area contributed by atoms with Gasteiger partial charge in [0.15, 0.2) is 29.0 Å². The summed E-state index contributed by atoms with van der Waals surface area (Å²) in [4.78, 5) is 3.48. The minimum absolute atomic E-state index is 0.207. The molecule has 7 heteroatoms. The summed E-state index contributed by atoms with van der Waals surface area (Å²) in [6, 6.07) is 4.92. The molecule has 0 radical (unpaired) electrons. The zero-order valence-electron chi connectivity index (χ0n) is 9.88. The molecule has 0 atom stereocenters. The number of hydrazine groups is 1. The Morgan fingerprint density at radius 1 is 1.21 bits per heavy atom. The fraction of sp³-hybridized carbons (Fsp3) is 0.0833. The third-order valence-corrected chi connectivity index (χ3v) is 2.40. The molecule has 0 aliphatic heterocycles. The van der Waals surface area contributed by atoms with Crippen LogP contribution in [0.2, 0.25) is 0 Å². The number of pyridine rings is 1. The summed E-state index contributed by atoms with van der Waals surface area (Å²) in [5.74, 6) is 1.16. The predicted octanol–water partition coefficient (Wildman–Crippen LogP) is 2.89. The Morgan fingerprint density at radius 3 is 2.63 bits per heavy atom. The van der Waals surface area contributed by atoms with Crippen LogP contribution in [-0.4, -0.2) is 4.98 Å². The Hall–Kier alpha value is -2.28. The molecule has 0 aliphatic carbocycles. The van der Waals surface area contributed by atoms with E-state index in [2.05, 4.69) is 4.98 Å². The minimum atomic E-state index is -1.06. The Morgan fingerprint density at radius 2 is 1.95 bits per heavy atom. The SMILES string of the molecule is Cc1cccc(Oc2nc(NN)c(F)cc2F)c1F. The van der Waals surface area contributed by atoms with Crippen molar-refractivity contribution < 1.29 is 17.9 Å². The van der Waals surface area contributed by atoms with Crippen molar-refractivity contribution in [3.8, 4) is 11.6 Å². The number of rotatable bonds is 3. The molecule has 0 aliphatic rings. The van der Waals surface area contributed by atoms with E-state index in [0.717, 1.165) is 0 Å². The first-order valence-corrected chi connectivity index (χ1v) is 5.28. The zero-order chi connectivity index (χ0) is 14.0. The summed E-state index contributed by atoms with van der Waals surface area (Å²) in [6.07, 6.45) is 0. The molecule has 2 rings (SSSR count). The first kappa shape index (κ1) is 13.2. The van der Waals surface area contributed by atoms with Crippen LogP contribution in [-0.2, 0) is 0 Å². The van der Waals surface area contributed by atoms with E-state index in [1.807, 2.05) is 5.43 Å². The van der Waals surface area contributed by atoms with E-state index in [4.69, 9.17) is 10.6 Å². The van der Waals surface area contributed by atoms with Crippen molar-refractivity contribution in [2.75, 3.05) is 5.43 Å². The summed E-state index contributed by atoms with van der Waals surface area (Å²) in [7, 11) is 0. The van der Waals surface area contributed by atoms with Crippen LogP contribution in [0.25, 0.3) is 0 Å². The molecule has 0 spiro atoms. The van der Waals surface area contributed by atoms with Gasteiger partial charge >= 0.3 is 0 Å². The van der Waals surface area contributed by atoms with E-state index in [9.17, 15) is 13.2 Å². The van der Waals surface area contributed by atoms with Gasteiger partial charge in [0, 0.05) is 6.07 Å². The Kier molecular flexibility index (Phi) is 3.57. The summed E-state index contributed by atoms with van der Waals surface area (Å²) in [5.41, 5.74) is 2.28. The zero-order valence-corrected chi connectivity index (χ0v) is 9.88. The van der Waals surface area contributed by atoms with E-state index < -0.39 is 29.1 Å². The number of aryl methyl sites for hydroxylation is 1. The van der Waals surface area contributed by atoms with E-state index in [-0.39, 0.29) is 5.75 Å². The highest BCUT2D eigenvalue weighted by atomic mass is 19.1. The smallest absolute Gasteiger partial charge is 0.258 e. The number of halogens is 3. The van der Waals surface area contributed by atoms with Crippen molar-refractivity contribution in [1.82, 2.24) is 4.98 Å². The number of nitrogen functional groups attached to an aromatic ring is 1. The van der Waals surface area contributed by atoms with Gasteiger partial charge in [0.2, 0.25) is 0 Å². The number of nitrogens with two attached hydrogens (primary N) is 1. The van der Waals surface area contributed by atoms with Crippen LogP contribution >= 0.6 is 0 Å². The molecule has 0 fully saturated rings. The van der Waals surface area contributed by atoms with Crippen molar-refractivity contribution in [3.63, 3.8) is 0 Å². The van der Waals surface area contributed by atoms with Crippen LogP contribution in [0.3, 0.4) is 0 Å². The molecule has 0 amide bonds. The second kappa shape index (κ2) is 5.15. The predicted molar refractivity (Wildman–Crippen MR) is 63.2 cm³/mol. The highest BCUT2D eigenvalue weighted by Gasteiger charge is 2.15. The second-order valence-corrected chi connectivity index (χ2v) is 3.74. The molecule has 19 heavy (non-hydrogen) atoms. The standard InChI is InChI=1S/C12H10F3N3O/c1-6-3-2-4-9(10(6)15)19-12-8(14)5-7(13)11(17-12)18-16/h2-5H,16H2,1H3,(H,17,18). The molecule has 0 saturated carbocycles. The lowest BCUT2D eigenvalue weighted by Gasteiger charge is -2.09. The van der Waals surface area contributed by atoms with Gasteiger partial charge in [-0.2, -0.15) is 4.98 Å². The molecule has 4 nitrogen and oxygen atoms in total. The number of benzene rings is 1. The topological polar surface area (TPSA) is 60.2 Å². The summed E-state index contributed by atoms with van der Waals surface area (Å²) >= 11 is 0. The summed E-state index contributed by atoms with van der Waals surface area (Å²) < 4.78 is 45.3. The van der Waals surface area contributed by atoms with Gasteiger partial charge in [-0.25, -0.2) is 19.0 Å². The van der Waals surface area contributed by atoms with Gasteiger partial charge in [0.05, 0.1) is 0 Å². The van der Waals surface area contributed by atoms with Gasteiger partial charge < -0.3 is 10.2 Å². The molecule has 2 aromatic rings. The van der Waals surface area contributed by atoms with E-state index in [1.165, 1.54) is 25.1 Å². The van der Waals surface area contributed by atoms with Gasteiger partial charge in [0.1, 0.15) is 0 Å². The number of hydrogen-bond acceptors (Lipinski definition) is 4. The van der Waals surface area contributed by atoms with Gasteiger partial charge in [-0.3, -0.25) is 0 Å². The lowest BCUT2D eigenvalue weighted by Crippen LogP contribution is -2.11. The molecular formula is C12H10F3N3O. The second-order valence-electron chi connectivity index (χ2n) is 3.74. The summed E-state index contributed by atoms with van der Waals surface area (Å²) in [6.45, 7) is 1.53. The van der Waals surface area contributed by atoms with Crippen molar-refractivity contribution in [2.45, 2.75) is 6.92 Å². The normalized spacial score (nSPS) is 10.4. The fourth-order valence-electron chi connectivity index (χ4n) is 1.43. The van der Waals surface area contributed by atoms with Crippen molar-refractivity contribution in [2.24, 2.45) is 5.84 Å². The van der Waals surface area contributed by atoms with Crippen LogP contribution in [0.5, 0.6) is 11.6 Å². The van der Waals surface area contributed by atoms with Crippen molar-refractivity contribution in [3.05, 3.63) is 47.3 Å². The molecule has 100 valence electrons. The molecule has 0 bridgehead atoms. The lowest BCUT2D eigenvalue weighted by molar-refractivity contribution is 0.394. The molecule has 0 saturated heterocycles. The fourth-order valence-corrected chi connectivity index (χ4v) is 1.43. The monoisotopic (exact) mass is 269 g/mol. The molecule has 0 unspecified atom stereocenters. The van der Waals surface area contributed by atoms with Gasteiger partial charge in [-0.05, 0) is 18.6 Å². The van der Waals surface area contributed by atoms with E-state index in [1.54, 1.807) is 0 Å². The lowest BCUT2D eigenvalue weighted by atomic mass is 10.2. The van der Waals surface area contributed by atoms with E-state index in [0.29, 0.717) is 11.6 Å². The molecule has 1 aromatic heterocycles. The van der Waals surface area contributed by atoms with Crippen molar-refractivity contribution >= 4 is 5.82 Å². The number of hydrogen-bond donors (Lipinski definition) is 2. The highest BCUT2D eigenvalue weighted by molar-refractivity contribution is 5.40. The van der Waals surface area contributed by atoms with Crippen LogP contribution in [0.1, 0.15) is 5.56 Å². The van der Waals surface area contributed by atoms with Crippen LogP contribution in [0.15, 0.2) is 24.3 Å². The van der Waals surface area contributed by atoms with Gasteiger partial charge in [-0.1, -0.05) is 12.1 Å². The average molecular weight is 269 g/mol. The first-order chi connectivity index (χ1) is 9.02. The summed E-state index contributed by atoms with van der Waals surface area (Å²) in [5, 5.41) is 0. The van der Waals surface area contributed by atoms with Crippen molar-refractivity contribution in [1.29, 1.82) is 0 Å². The quantitative estimate of drug-likeness (QED) is 0.664. The van der Waals surface area contributed by atoms with Crippen LogP contribution in [0, 0.1) is 24.4 Å². The first-order valence-electron chi connectivity index (χ1n) is 5.28. The van der Waals surface area contributed by atoms with E-state index >= 15 is 0 Å². The number of anilines is 1. The Labute approximate surface area is 107 Å². The molecule has 1 aromatic carbocycles. The number of nitrogens with zero attached hydrogens (tertiary/aromatic N) is 1. The number of ether oxygens (including phenoxy) is 1. The van der Waals surface area contributed by atoms with Gasteiger partial charge in [0.25, 0.3) is 5.88 Å². The maximum absolute atomic E-state index is 13.7. The number of nitrogens with one attached hydrogen (secondary N) is 1.